The van der Waals surface area contributed by atoms with Gasteiger partial charge in [0, 0.05) is 13.8 Å². The second-order valence-electron chi connectivity index (χ2n) is 12.8. The topological polar surface area (TPSA) is 152 Å². The highest BCUT2D eigenvalue weighted by Gasteiger charge is 2.19. The van der Waals surface area contributed by atoms with E-state index in [4.69, 9.17) is 38.7 Å². The van der Waals surface area contributed by atoms with Crippen molar-refractivity contribution in [2.75, 3.05) is 26.4 Å². The molecule has 4 rings (SSSR count). The van der Waals surface area contributed by atoms with E-state index in [0.717, 1.165) is 123 Å². The lowest BCUT2D eigenvalue weighted by molar-refractivity contribution is -0.135. The van der Waals surface area contributed by atoms with E-state index in [1.807, 2.05) is 24.3 Å². The van der Waals surface area contributed by atoms with Crippen LogP contribution in [0.25, 0.3) is 32.3 Å². The molecule has 0 fully saturated rings. The number of hydrogen-bond donors (Lipinski definition) is 4. The zero-order valence-corrected chi connectivity index (χ0v) is 32.0. The third kappa shape index (κ3) is 14.2. The van der Waals surface area contributed by atoms with Gasteiger partial charge in [-0.2, -0.15) is 0 Å². The van der Waals surface area contributed by atoms with Crippen molar-refractivity contribution < 1.29 is 49.0 Å². The number of hydrogen-bond acceptors (Lipinski definition) is 8. The predicted molar refractivity (Wildman–Crippen MR) is 209 cm³/mol. The fourth-order valence-electron chi connectivity index (χ4n) is 5.63. The third-order valence-electron chi connectivity index (χ3n) is 8.17. The maximum absolute atomic E-state index is 11.1. The minimum atomic E-state index is -0.833. The molecule has 10 heteroatoms. The number of carboxylic acid groups (broad SMARTS) is 2. The molecule has 0 bridgehead atoms. The smallest absolute Gasteiger partial charge is 0.300 e. The fraction of sp³-hybridized carbons (Fsp3) is 0.524. The summed E-state index contributed by atoms with van der Waals surface area (Å²) in [7, 11) is 0. The Hall–Kier alpha value is -4.60. The molecule has 0 aliphatic rings. The van der Waals surface area contributed by atoms with Crippen molar-refractivity contribution in [3.05, 3.63) is 36.4 Å². The summed E-state index contributed by atoms with van der Waals surface area (Å²) in [6, 6.07) is 11.5. The standard InChI is InChI=1S/C38H52O6.2C2H4O2/c1-5-9-13-17-41-35-23-29-27(21-33(35)39)31-25-37(43-19-15-11-7-3)38(44-20-16-12-8-4)26-32(31)28-22-34(40)36(24-30(28)29)42-18-14-10-6-2;2*1-2(3)4/h21-26,39-40H,5-20H2,1-4H3;2*1H3,(H,3,4). The largest absolute Gasteiger partial charge is 0.504 e. The molecular weight excluding hydrogens is 664 g/mol. The van der Waals surface area contributed by atoms with Crippen LogP contribution in [0.3, 0.4) is 0 Å². The Morgan fingerprint density at radius 2 is 0.635 bits per heavy atom. The predicted octanol–water partition coefficient (Wildman–Crippen LogP) is 11.0. The van der Waals surface area contributed by atoms with Gasteiger partial charge in [-0.25, -0.2) is 0 Å². The quantitative estimate of drug-likeness (QED) is 0.0512. The monoisotopic (exact) mass is 724 g/mol. The number of aromatic hydroxyl groups is 2. The molecule has 0 aliphatic carbocycles. The van der Waals surface area contributed by atoms with E-state index in [1.165, 1.54) is 0 Å². The molecule has 52 heavy (non-hydrogen) atoms. The lowest BCUT2D eigenvalue weighted by Gasteiger charge is -2.19. The first-order chi connectivity index (χ1) is 25.0. The summed E-state index contributed by atoms with van der Waals surface area (Å²) in [5.74, 6) is 0.860. The third-order valence-corrected chi connectivity index (χ3v) is 8.17. The molecule has 0 saturated heterocycles. The number of carboxylic acids is 2. The van der Waals surface area contributed by atoms with Crippen LogP contribution in [0.5, 0.6) is 34.5 Å². The fourth-order valence-corrected chi connectivity index (χ4v) is 5.63. The summed E-state index contributed by atoms with van der Waals surface area (Å²) in [5.41, 5.74) is 0. The highest BCUT2D eigenvalue weighted by atomic mass is 16.5. The Bertz CT molecular complexity index is 1550. The van der Waals surface area contributed by atoms with Gasteiger partial charge in [0.05, 0.1) is 26.4 Å². The molecule has 0 amide bonds. The molecule has 288 valence electrons. The number of phenolic OH excluding ortho intramolecular Hbond substituents is 2. The lowest BCUT2D eigenvalue weighted by atomic mass is 9.93. The number of carbonyl (C=O) groups is 2. The summed E-state index contributed by atoms with van der Waals surface area (Å²) < 4.78 is 24.8. The van der Waals surface area contributed by atoms with Crippen LogP contribution in [0.1, 0.15) is 119 Å². The van der Waals surface area contributed by atoms with Crippen molar-refractivity contribution in [3.63, 3.8) is 0 Å². The number of fused-ring (bicyclic) bond motifs is 6. The maximum Gasteiger partial charge on any atom is 0.300 e. The van der Waals surface area contributed by atoms with Crippen molar-refractivity contribution in [2.45, 2.75) is 119 Å². The average molecular weight is 725 g/mol. The number of unbranched alkanes of at least 4 members (excludes halogenated alkanes) is 8. The van der Waals surface area contributed by atoms with E-state index in [1.54, 1.807) is 12.1 Å². The lowest BCUT2D eigenvalue weighted by Crippen LogP contribution is -2.03. The highest BCUT2D eigenvalue weighted by Crippen LogP contribution is 2.46. The van der Waals surface area contributed by atoms with Crippen LogP contribution in [-0.2, 0) is 9.59 Å². The highest BCUT2D eigenvalue weighted by molar-refractivity contribution is 6.26. The van der Waals surface area contributed by atoms with Gasteiger partial charge in [-0.3, -0.25) is 9.59 Å². The van der Waals surface area contributed by atoms with Crippen molar-refractivity contribution in [1.82, 2.24) is 0 Å². The van der Waals surface area contributed by atoms with E-state index in [9.17, 15) is 10.2 Å². The van der Waals surface area contributed by atoms with Gasteiger partial charge in [-0.15, -0.1) is 0 Å². The van der Waals surface area contributed by atoms with Crippen LogP contribution in [-0.4, -0.2) is 58.8 Å². The van der Waals surface area contributed by atoms with Crippen LogP contribution in [0.2, 0.25) is 0 Å². The molecular formula is C42H60O10. The summed E-state index contributed by atoms with van der Waals surface area (Å²) in [6.45, 7) is 13.1. The molecule has 10 nitrogen and oxygen atoms in total. The normalized spacial score (nSPS) is 10.7. The molecule has 4 aromatic carbocycles. The second-order valence-corrected chi connectivity index (χ2v) is 12.8. The number of ether oxygens (including phenoxy) is 4. The number of benzene rings is 4. The number of rotatable bonds is 20. The zero-order chi connectivity index (χ0) is 38.5. The minimum absolute atomic E-state index is 0.106. The van der Waals surface area contributed by atoms with Crippen LogP contribution in [0.15, 0.2) is 36.4 Å². The van der Waals surface area contributed by atoms with E-state index in [-0.39, 0.29) is 11.5 Å². The van der Waals surface area contributed by atoms with Crippen LogP contribution >= 0.6 is 0 Å². The van der Waals surface area contributed by atoms with E-state index in [0.29, 0.717) is 49.4 Å². The first-order valence-electron chi connectivity index (χ1n) is 18.8. The Morgan fingerprint density at radius 3 is 0.885 bits per heavy atom. The molecule has 0 atom stereocenters. The summed E-state index contributed by atoms with van der Waals surface area (Å²) in [6.07, 6.45) is 12.6. The summed E-state index contributed by atoms with van der Waals surface area (Å²) in [5, 5.41) is 42.5. The van der Waals surface area contributed by atoms with Gasteiger partial charge in [-0.05, 0) is 94.4 Å². The molecule has 0 radical (unpaired) electrons. The Kier molecular flexibility index (Phi) is 19.9. The number of aliphatic carboxylic acids is 2. The maximum atomic E-state index is 11.1. The van der Waals surface area contributed by atoms with Gasteiger partial charge in [0.15, 0.2) is 34.5 Å². The Morgan fingerprint density at radius 1 is 0.423 bits per heavy atom. The Labute approximate surface area is 308 Å². The molecule has 0 saturated carbocycles. The molecule has 0 heterocycles. The van der Waals surface area contributed by atoms with Crippen LogP contribution in [0.4, 0.5) is 0 Å². The average Bonchev–Trinajstić information content (AvgIpc) is 3.09. The Balaban J connectivity index is 0.00000106. The van der Waals surface area contributed by atoms with Crippen molar-refractivity contribution >= 4 is 44.3 Å². The minimum Gasteiger partial charge on any atom is -0.504 e. The van der Waals surface area contributed by atoms with Crippen LogP contribution in [0, 0.1) is 0 Å². The first-order valence-corrected chi connectivity index (χ1v) is 18.8. The summed E-state index contributed by atoms with van der Waals surface area (Å²) in [4.78, 5) is 18.0. The SMILES string of the molecule is CC(=O)O.CC(=O)O.CCCCCOc1cc2c(cc1O)c1cc(OCCCCC)c(OCCCCC)cc1c1cc(O)c(OCCCCC)cc12. The molecule has 0 aliphatic heterocycles. The van der Waals surface area contributed by atoms with Crippen molar-refractivity contribution in [1.29, 1.82) is 0 Å². The van der Waals surface area contributed by atoms with E-state index < -0.39 is 11.9 Å². The van der Waals surface area contributed by atoms with Crippen molar-refractivity contribution in [3.8, 4) is 34.5 Å². The molecule has 0 aromatic heterocycles. The van der Waals surface area contributed by atoms with Crippen LogP contribution < -0.4 is 18.9 Å². The first kappa shape index (κ1) is 43.6. The second kappa shape index (κ2) is 23.8. The van der Waals surface area contributed by atoms with Gasteiger partial charge in [0.1, 0.15) is 0 Å². The van der Waals surface area contributed by atoms with E-state index >= 15 is 0 Å². The molecule has 0 unspecified atom stereocenters. The van der Waals surface area contributed by atoms with Crippen molar-refractivity contribution in [2.24, 2.45) is 0 Å². The molecule has 4 aromatic rings. The zero-order valence-electron chi connectivity index (χ0n) is 32.0. The van der Waals surface area contributed by atoms with Gasteiger partial charge < -0.3 is 39.4 Å². The van der Waals surface area contributed by atoms with Gasteiger partial charge in [0.25, 0.3) is 11.9 Å². The number of phenols is 2. The summed E-state index contributed by atoms with van der Waals surface area (Å²) >= 11 is 0. The van der Waals surface area contributed by atoms with Gasteiger partial charge in [0.2, 0.25) is 0 Å². The molecule has 0 spiro atoms. The van der Waals surface area contributed by atoms with Gasteiger partial charge >= 0.3 is 0 Å². The molecule has 4 N–H and O–H groups in total. The van der Waals surface area contributed by atoms with Gasteiger partial charge in [-0.1, -0.05) is 79.1 Å². The van der Waals surface area contributed by atoms with E-state index in [2.05, 4.69) is 27.7 Å².